The molecule has 1 aromatic rings. The van der Waals surface area contributed by atoms with Gasteiger partial charge in [-0.25, -0.2) is 0 Å². The van der Waals surface area contributed by atoms with Crippen LogP contribution in [0, 0.1) is 44.1 Å². The average molecular weight is 406 g/mol. The molecule has 0 aliphatic heterocycles. The Kier molecular flexibility index (Phi) is 12.2. The van der Waals surface area contributed by atoms with Gasteiger partial charge in [0.15, 0.2) is 0 Å². The van der Waals surface area contributed by atoms with E-state index in [-0.39, 0.29) is 51.5 Å². The molecule has 77 valence electrons. The standard InChI is InChI=1S/C9H11N.CH4N.CH4.Ac/c1-2-4-9-7-10-6-5-8(9)3-1;1-2;;/h5-7H,1-4H2;2H,1H3;1H4;/q;-1;;. The van der Waals surface area contributed by atoms with Gasteiger partial charge < -0.3 is 5.73 Å². The van der Waals surface area contributed by atoms with Crippen molar-refractivity contribution in [2.75, 3.05) is 7.05 Å². The Hall–Kier alpha value is 0.552. The number of pyridine rings is 1. The summed E-state index contributed by atoms with van der Waals surface area (Å²) in [6.45, 7) is 0. The predicted molar refractivity (Wildman–Crippen MR) is 57.9 cm³/mol. The molecule has 0 amide bonds. The number of aryl methyl sites for hydroxylation is 2. The monoisotopic (exact) mass is 406 g/mol. The number of aromatic nitrogens is 1. The largest absolute Gasteiger partial charge is 0.680 e. The maximum Gasteiger partial charge on any atom is 0.0302 e. The molecule has 0 bridgehead atoms. The molecule has 1 aliphatic carbocycles. The summed E-state index contributed by atoms with van der Waals surface area (Å²) in [4.78, 5) is 4.10. The van der Waals surface area contributed by atoms with Crippen molar-refractivity contribution in [2.24, 2.45) is 0 Å². The number of nitrogens with one attached hydrogen (secondary N) is 1. The summed E-state index contributed by atoms with van der Waals surface area (Å²) in [7, 11) is 1.25. The second kappa shape index (κ2) is 10.1. The topological polar surface area (TPSA) is 36.7 Å². The third kappa shape index (κ3) is 4.87. The van der Waals surface area contributed by atoms with Gasteiger partial charge >= 0.3 is 0 Å². The molecule has 1 radical (unpaired) electrons. The number of hydrogen-bond acceptors (Lipinski definition) is 1. The van der Waals surface area contributed by atoms with Crippen molar-refractivity contribution in [3.63, 3.8) is 0 Å². The van der Waals surface area contributed by atoms with Gasteiger partial charge in [0, 0.05) is 56.5 Å². The first kappa shape index (κ1) is 17.0. The fourth-order valence-electron chi connectivity index (χ4n) is 1.56. The van der Waals surface area contributed by atoms with Crippen molar-refractivity contribution in [3.8, 4) is 0 Å². The number of fused-ring (bicyclic) bond motifs is 1. The Morgan fingerprint density at radius 1 is 1.14 bits per heavy atom. The van der Waals surface area contributed by atoms with Crippen LogP contribution in [0.3, 0.4) is 0 Å². The fraction of sp³-hybridized carbons (Fsp3) is 0.545. The molecule has 0 unspecified atom stereocenters. The summed E-state index contributed by atoms with van der Waals surface area (Å²) >= 11 is 0. The zero-order chi connectivity index (χ0) is 8.81. The van der Waals surface area contributed by atoms with E-state index in [0.29, 0.717) is 0 Å². The van der Waals surface area contributed by atoms with Gasteiger partial charge in [-0.05, 0) is 42.9 Å². The summed E-state index contributed by atoms with van der Waals surface area (Å²) in [6, 6.07) is 2.15. The first-order valence-electron chi connectivity index (χ1n) is 4.38. The summed E-state index contributed by atoms with van der Waals surface area (Å²) in [6.07, 6.45) is 9.11. The van der Waals surface area contributed by atoms with E-state index >= 15 is 0 Å². The SMILES string of the molecule is C.C[NH-].[Ac].c1cc2c(cn1)CCCC2. The van der Waals surface area contributed by atoms with Crippen LogP contribution >= 0.6 is 0 Å². The van der Waals surface area contributed by atoms with Gasteiger partial charge in [0.1, 0.15) is 0 Å². The fourth-order valence-corrected chi connectivity index (χ4v) is 1.56. The predicted octanol–water partition coefficient (Wildman–Crippen LogP) is 3.26. The molecule has 0 fully saturated rings. The second-order valence-electron chi connectivity index (χ2n) is 2.85. The molecule has 0 saturated heterocycles. The minimum Gasteiger partial charge on any atom is -0.680 e. The van der Waals surface area contributed by atoms with Crippen LogP contribution in [0.25, 0.3) is 5.73 Å². The maximum absolute atomic E-state index is 5.75. The zero-order valence-corrected chi connectivity index (χ0v) is 12.8. The van der Waals surface area contributed by atoms with Crippen molar-refractivity contribution in [1.29, 1.82) is 0 Å². The zero-order valence-electron chi connectivity index (χ0n) is 8.09. The van der Waals surface area contributed by atoms with Gasteiger partial charge in [0.05, 0.1) is 0 Å². The first-order valence-corrected chi connectivity index (χ1v) is 4.38. The van der Waals surface area contributed by atoms with Crippen molar-refractivity contribution in [2.45, 2.75) is 33.1 Å². The molecule has 2 nitrogen and oxygen atoms in total. The van der Waals surface area contributed by atoms with Crippen molar-refractivity contribution >= 4 is 0 Å². The first-order chi connectivity index (χ1) is 5.97. The number of nitrogens with zero attached hydrogens (tertiary/aromatic N) is 1. The van der Waals surface area contributed by atoms with Crippen LogP contribution in [0.1, 0.15) is 31.4 Å². The van der Waals surface area contributed by atoms with Gasteiger partial charge in [-0.2, -0.15) is 7.05 Å². The van der Waals surface area contributed by atoms with Crippen LogP contribution in [0.15, 0.2) is 18.5 Å². The van der Waals surface area contributed by atoms with Gasteiger partial charge in [-0.1, -0.05) is 7.43 Å². The van der Waals surface area contributed by atoms with Crippen LogP contribution in [0.2, 0.25) is 0 Å². The molecule has 0 atom stereocenters. The second-order valence-corrected chi connectivity index (χ2v) is 2.85. The van der Waals surface area contributed by atoms with E-state index in [2.05, 4.69) is 11.1 Å². The molecule has 1 aromatic heterocycles. The van der Waals surface area contributed by atoms with Crippen LogP contribution in [-0.4, -0.2) is 12.0 Å². The minimum atomic E-state index is 0. The van der Waals surface area contributed by atoms with Crippen molar-refractivity contribution in [1.82, 2.24) is 4.98 Å². The van der Waals surface area contributed by atoms with Gasteiger partial charge in [0.2, 0.25) is 0 Å². The van der Waals surface area contributed by atoms with Crippen LogP contribution < -0.4 is 0 Å². The Labute approximate surface area is 123 Å². The summed E-state index contributed by atoms with van der Waals surface area (Å²) in [5.74, 6) is 0. The van der Waals surface area contributed by atoms with Crippen LogP contribution in [0.5, 0.6) is 0 Å². The molecule has 0 saturated carbocycles. The third-order valence-corrected chi connectivity index (χ3v) is 2.15. The molecule has 1 heterocycles. The summed E-state index contributed by atoms with van der Waals surface area (Å²) in [5.41, 5.74) is 8.73. The molecule has 3 heteroatoms. The van der Waals surface area contributed by atoms with E-state index in [1.54, 1.807) is 0 Å². The van der Waals surface area contributed by atoms with E-state index < -0.39 is 0 Å². The van der Waals surface area contributed by atoms with E-state index in [1.807, 2.05) is 12.4 Å². The average Bonchev–Trinajstić information content (AvgIpc) is 2.21. The normalized spacial score (nSPS) is 12.1. The van der Waals surface area contributed by atoms with E-state index in [1.165, 1.54) is 43.9 Å². The molecule has 0 aromatic carbocycles. The van der Waals surface area contributed by atoms with Gasteiger partial charge in [0.25, 0.3) is 0 Å². The summed E-state index contributed by atoms with van der Waals surface area (Å²) in [5, 5.41) is 0. The smallest absolute Gasteiger partial charge is 0.0302 e. The molecule has 14 heavy (non-hydrogen) atoms. The van der Waals surface area contributed by atoms with E-state index in [0.717, 1.165) is 0 Å². The Balaban J connectivity index is 0. The van der Waals surface area contributed by atoms with Crippen molar-refractivity contribution < 1.29 is 44.1 Å². The van der Waals surface area contributed by atoms with Crippen LogP contribution in [-0.2, 0) is 12.8 Å². The number of rotatable bonds is 0. The van der Waals surface area contributed by atoms with E-state index in [9.17, 15) is 0 Å². The van der Waals surface area contributed by atoms with Gasteiger partial charge in [-0.15, -0.1) is 0 Å². The third-order valence-electron chi connectivity index (χ3n) is 2.15. The molecule has 1 N–H and O–H groups in total. The van der Waals surface area contributed by atoms with E-state index in [4.69, 9.17) is 5.73 Å². The van der Waals surface area contributed by atoms with Crippen LogP contribution in [0.4, 0.5) is 0 Å². The quantitative estimate of drug-likeness (QED) is 0.652. The Morgan fingerprint density at radius 3 is 2.29 bits per heavy atom. The Bertz CT molecular complexity index is 213. The van der Waals surface area contributed by atoms with Crippen molar-refractivity contribution in [3.05, 3.63) is 35.3 Å². The summed E-state index contributed by atoms with van der Waals surface area (Å²) < 4.78 is 0. The maximum atomic E-state index is 5.75. The molecular weight excluding hydrogens is 387 g/mol. The Morgan fingerprint density at radius 2 is 1.71 bits per heavy atom. The minimum absolute atomic E-state index is 0. The molecule has 1 aliphatic rings. The molecule has 0 spiro atoms. The molecule has 2 rings (SSSR count). The van der Waals surface area contributed by atoms with Gasteiger partial charge in [-0.3, -0.25) is 4.98 Å². The molecular formula is C11H19AcN2-. The number of hydrogen-bond donors (Lipinski definition) is 0.